The fraction of sp³-hybridized carbons (Fsp3) is 0.0526. The first-order chi connectivity index (χ1) is 11.7. The van der Waals surface area contributed by atoms with Gasteiger partial charge in [-0.1, -0.05) is 30.3 Å². The van der Waals surface area contributed by atoms with Crippen molar-refractivity contribution in [1.29, 1.82) is 0 Å². The first-order valence-corrected chi connectivity index (χ1v) is 7.58. The highest BCUT2D eigenvalue weighted by molar-refractivity contribution is 5.99. The van der Waals surface area contributed by atoms with Gasteiger partial charge >= 0.3 is 5.91 Å². The quantitative estimate of drug-likeness (QED) is 0.558. The van der Waals surface area contributed by atoms with E-state index in [1.807, 2.05) is 24.3 Å². The van der Waals surface area contributed by atoms with Gasteiger partial charge in [0.15, 0.2) is 5.76 Å². The lowest BCUT2D eigenvalue weighted by atomic mass is 10.0. The van der Waals surface area contributed by atoms with Gasteiger partial charge in [-0.3, -0.25) is 20.4 Å². The van der Waals surface area contributed by atoms with Crippen molar-refractivity contribution in [1.82, 2.24) is 10.9 Å². The van der Waals surface area contributed by atoms with E-state index in [1.165, 1.54) is 23.5 Å². The van der Waals surface area contributed by atoms with Gasteiger partial charge in [-0.2, -0.15) is 0 Å². The fourth-order valence-electron chi connectivity index (χ4n) is 2.92. The molecule has 0 fully saturated rings. The van der Waals surface area contributed by atoms with E-state index in [0.29, 0.717) is 5.56 Å². The van der Waals surface area contributed by atoms with Crippen molar-refractivity contribution in [2.24, 2.45) is 0 Å². The van der Waals surface area contributed by atoms with E-state index in [4.69, 9.17) is 4.42 Å². The molecule has 1 aliphatic carbocycles. The lowest BCUT2D eigenvalue weighted by Gasteiger charge is -2.08. The lowest BCUT2D eigenvalue weighted by Crippen LogP contribution is -2.41. The molecule has 2 aromatic carbocycles. The Labute approximate surface area is 138 Å². The monoisotopic (exact) mass is 318 g/mol. The standard InChI is InChI=1S/C19H14N2O3/c22-18(20-21-19(23)17-6-3-9-24-17)14-8-7-13-10-12-4-1-2-5-15(12)16(13)11-14/h1-9,11H,10H2,(H,20,22)(H,21,23). The minimum atomic E-state index is -0.500. The number of nitrogens with one attached hydrogen (secondary N) is 2. The van der Waals surface area contributed by atoms with E-state index in [9.17, 15) is 9.59 Å². The Morgan fingerprint density at radius 3 is 2.46 bits per heavy atom. The second-order valence-corrected chi connectivity index (χ2v) is 5.59. The third-order valence-corrected chi connectivity index (χ3v) is 4.10. The zero-order chi connectivity index (χ0) is 16.5. The summed E-state index contributed by atoms with van der Waals surface area (Å²) in [5.74, 6) is -0.736. The highest BCUT2D eigenvalue weighted by atomic mass is 16.3. The largest absolute Gasteiger partial charge is 0.459 e. The van der Waals surface area contributed by atoms with Gasteiger partial charge < -0.3 is 4.42 Å². The predicted molar refractivity (Wildman–Crippen MR) is 88.3 cm³/mol. The van der Waals surface area contributed by atoms with Gasteiger partial charge in [0.2, 0.25) is 0 Å². The van der Waals surface area contributed by atoms with Crippen LogP contribution in [0.25, 0.3) is 11.1 Å². The first-order valence-electron chi connectivity index (χ1n) is 7.58. The van der Waals surface area contributed by atoms with Crippen LogP contribution in [0.4, 0.5) is 0 Å². The molecule has 0 unspecified atom stereocenters. The summed E-state index contributed by atoms with van der Waals surface area (Å²) < 4.78 is 4.97. The van der Waals surface area contributed by atoms with E-state index >= 15 is 0 Å². The lowest BCUT2D eigenvalue weighted by molar-refractivity contribution is 0.0831. The number of carbonyl (C=O) groups excluding carboxylic acids is 2. The minimum absolute atomic E-state index is 0.137. The molecule has 3 aromatic rings. The number of fused-ring (bicyclic) bond motifs is 3. The van der Waals surface area contributed by atoms with Crippen LogP contribution in [0.3, 0.4) is 0 Å². The summed E-state index contributed by atoms with van der Waals surface area (Å²) in [6.45, 7) is 0. The number of carbonyl (C=O) groups is 2. The number of hydrogen-bond acceptors (Lipinski definition) is 3. The summed E-state index contributed by atoms with van der Waals surface area (Å²) >= 11 is 0. The van der Waals surface area contributed by atoms with E-state index in [2.05, 4.69) is 23.0 Å². The maximum atomic E-state index is 12.3. The fourth-order valence-corrected chi connectivity index (χ4v) is 2.92. The van der Waals surface area contributed by atoms with Crippen molar-refractivity contribution in [3.8, 4) is 11.1 Å². The molecule has 2 amide bonds. The highest BCUT2D eigenvalue weighted by Crippen LogP contribution is 2.36. The van der Waals surface area contributed by atoms with Crippen LogP contribution in [0.5, 0.6) is 0 Å². The molecular weight excluding hydrogens is 304 g/mol. The highest BCUT2D eigenvalue weighted by Gasteiger charge is 2.19. The second kappa shape index (κ2) is 5.70. The molecule has 4 rings (SSSR count). The number of benzene rings is 2. The molecule has 5 heteroatoms. The molecule has 1 aromatic heterocycles. The molecule has 118 valence electrons. The van der Waals surface area contributed by atoms with Gasteiger partial charge in [-0.25, -0.2) is 0 Å². The van der Waals surface area contributed by atoms with Crippen molar-refractivity contribution in [3.05, 3.63) is 83.3 Å². The minimum Gasteiger partial charge on any atom is -0.459 e. The summed E-state index contributed by atoms with van der Waals surface area (Å²) in [4.78, 5) is 24.0. The van der Waals surface area contributed by atoms with Crippen LogP contribution in [0.2, 0.25) is 0 Å². The van der Waals surface area contributed by atoms with Crippen LogP contribution >= 0.6 is 0 Å². The van der Waals surface area contributed by atoms with E-state index in [1.54, 1.807) is 12.1 Å². The van der Waals surface area contributed by atoms with Gasteiger partial charge in [-0.15, -0.1) is 0 Å². The second-order valence-electron chi connectivity index (χ2n) is 5.59. The summed E-state index contributed by atoms with van der Waals surface area (Å²) in [5.41, 5.74) is 9.91. The van der Waals surface area contributed by atoms with Crippen LogP contribution < -0.4 is 10.9 Å². The van der Waals surface area contributed by atoms with Gasteiger partial charge in [0.1, 0.15) is 0 Å². The van der Waals surface area contributed by atoms with Crippen LogP contribution in [-0.2, 0) is 6.42 Å². The van der Waals surface area contributed by atoms with Crippen LogP contribution in [0.1, 0.15) is 32.0 Å². The zero-order valence-corrected chi connectivity index (χ0v) is 12.7. The Balaban J connectivity index is 1.52. The smallest absolute Gasteiger partial charge is 0.305 e. The van der Waals surface area contributed by atoms with Crippen molar-refractivity contribution in [3.63, 3.8) is 0 Å². The molecule has 24 heavy (non-hydrogen) atoms. The zero-order valence-electron chi connectivity index (χ0n) is 12.7. The number of furan rings is 1. The van der Waals surface area contributed by atoms with Gasteiger partial charge in [0.05, 0.1) is 6.26 Å². The van der Waals surface area contributed by atoms with Gasteiger partial charge in [-0.05, 0) is 52.9 Å². The Bertz CT molecular complexity index is 930. The average molecular weight is 318 g/mol. The molecule has 0 spiro atoms. The van der Waals surface area contributed by atoms with Crippen LogP contribution in [0.15, 0.2) is 65.3 Å². The van der Waals surface area contributed by atoms with Crippen molar-refractivity contribution >= 4 is 11.8 Å². The Kier molecular flexibility index (Phi) is 3.39. The summed E-state index contributed by atoms with van der Waals surface area (Å²) in [5, 5.41) is 0. The van der Waals surface area contributed by atoms with Crippen LogP contribution in [-0.4, -0.2) is 11.8 Å². The summed E-state index contributed by atoms with van der Waals surface area (Å²) in [6.07, 6.45) is 2.28. The maximum Gasteiger partial charge on any atom is 0.305 e. The molecular formula is C19H14N2O3. The molecule has 0 radical (unpaired) electrons. The van der Waals surface area contributed by atoms with Crippen LogP contribution in [0, 0.1) is 0 Å². The molecule has 0 atom stereocenters. The predicted octanol–water partition coefficient (Wildman–Crippen LogP) is 2.93. The Morgan fingerprint density at radius 2 is 1.62 bits per heavy atom. The molecule has 1 heterocycles. The third-order valence-electron chi connectivity index (χ3n) is 4.10. The van der Waals surface area contributed by atoms with Gasteiger partial charge in [0, 0.05) is 5.56 Å². The normalized spacial score (nSPS) is 11.5. The Hall–Kier alpha value is -3.34. The molecule has 0 saturated carbocycles. The van der Waals surface area contributed by atoms with Crippen molar-refractivity contribution < 1.29 is 14.0 Å². The van der Waals surface area contributed by atoms with E-state index in [-0.39, 0.29) is 11.7 Å². The number of amides is 2. The van der Waals surface area contributed by atoms with E-state index in [0.717, 1.165) is 17.5 Å². The molecule has 2 N–H and O–H groups in total. The molecule has 0 aliphatic heterocycles. The molecule has 1 aliphatic rings. The van der Waals surface area contributed by atoms with Crippen molar-refractivity contribution in [2.75, 3.05) is 0 Å². The first kappa shape index (κ1) is 14.3. The Morgan fingerprint density at radius 1 is 0.833 bits per heavy atom. The number of hydrazine groups is 1. The summed E-state index contributed by atoms with van der Waals surface area (Å²) in [6, 6.07) is 16.9. The van der Waals surface area contributed by atoms with Crippen molar-refractivity contribution in [2.45, 2.75) is 6.42 Å². The third kappa shape index (κ3) is 2.46. The summed E-state index contributed by atoms with van der Waals surface area (Å²) in [7, 11) is 0. The molecule has 0 bridgehead atoms. The average Bonchev–Trinajstić information content (AvgIpc) is 3.26. The molecule has 0 saturated heterocycles. The number of hydrogen-bond donors (Lipinski definition) is 2. The number of rotatable bonds is 2. The SMILES string of the molecule is O=C(NNC(=O)c1ccco1)c1ccc2c(c1)-c1ccccc1C2. The topological polar surface area (TPSA) is 71.3 Å². The van der Waals surface area contributed by atoms with E-state index < -0.39 is 5.91 Å². The molecule has 5 nitrogen and oxygen atoms in total. The maximum absolute atomic E-state index is 12.3. The van der Waals surface area contributed by atoms with Gasteiger partial charge in [0.25, 0.3) is 5.91 Å².